The molecule has 0 aliphatic rings. The van der Waals surface area contributed by atoms with Crippen molar-refractivity contribution in [3.8, 4) is 16.8 Å². The van der Waals surface area contributed by atoms with Crippen molar-refractivity contribution in [2.75, 3.05) is 0 Å². The van der Waals surface area contributed by atoms with Gasteiger partial charge >= 0.3 is 0 Å². The summed E-state index contributed by atoms with van der Waals surface area (Å²) in [6.07, 6.45) is 3.89. The van der Waals surface area contributed by atoms with E-state index in [4.69, 9.17) is 4.98 Å². The van der Waals surface area contributed by atoms with Gasteiger partial charge in [0.1, 0.15) is 5.82 Å². The fourth-order valence-corrected chi connectivity index (χ4v) is 3.68. The summed E-state index contributed by atoms with van der Waals surface area (Å²) in [4.78, 5) is 18.0. The Morgan fingerprint density at radius 2 is 1.23 bits per heavy atom. The van der Waals surface area contributed by atoms with Crippen LogP contribution in [0.5, 0.6) is 0 Å². The Kier molecular flexibility index (Phi) is 4.99. The summed E-state index contributed by atoms with van der Waals surface area (Å²) in [5, 5.41) is 0.607. The molecular formula is C28H20N2O. The zero-order valence-electron chi connectivity index (χ0n) is 16.8. The molecule has 5 rings (SSSR count). The van der Waals surface area contributed by atoms with Gasteiger partial charge in [-0.1, -0.05) is 91.0 Å². The van der Waals surface area contributed by atoms with Crippen LogP contribution in [0, 0.1) is 0 Å². The first kappa shape index (κ1) is 18.8. The third-order valence-corrected chi connectivity index (χ3v) is 5.26. The van der Waals surface area contributed by atoms with E-state index in [1.165, 1.54) is 11.1 Å². The van der Waals surface area contributed by atoms with E-state index in [1.807, 2.05) is 84.9 Å². The van der Waals surface area contributed by atoms with Crippen molar-refractivity contribution in [1.29, 1.82) is 0 Å². The molecule has 0 saturated carbocycles. The SMILES string of the molecule is O=c1c2ccccc2nc(/C=C/c2ccc(-c3ccccc3)cc2)n1-c1ccccc1. The second-order valence-electron chi connectivity index (χ2n) is 7.28. The Morgan fingerprint density at radius 1 is 0.613 bits per heavy atom. The van der Waals surface area contributed by atoms with Crippen LogP contribution in [-0.2, 0) is 0 Å². The Labute approximate surface area is 180 Å². The summed E-state index contributed by atoms with van der Waals surface area (Å²) in [6, 6.07) is 35.7. The van der Waals surface area contributed by atoms with Gasteiger partial charge in [0.2, 0.25) is 0 Å². The molecule has 0 amide bonds. The first-order chi connectivity index (χ1) is 15.3. The number of hydrogen-bond donors (Lipinski definition) is 0. The Bertz CT molecular complexity index is 1420. The van der Waals surface area contributed by atoms with Gasteiger partial charge in [-0.15, -0.1) is 0 Å². The number of nitrogens with zero attached hydrogens (tertiary/aromatic N) is 2. The van der Waals surface area contributed by atoms with Crippen LogP contribution < -0.4 is 5.56 Å². The average Bonchev–Trinajstić information content (AvgIpc) is 2.84. The minimum Gasteiger partial charge on any atom is -0.268 e. The topological polar surface area (TPSA) is 34.9 Å². The molecule has 0 N–H and O–H groups in total. The molecule has 0 aliphatic carbocycles. The van der Waals surface area contributed by atoms with Gasteiger partial charge in [0.25, 0.3) is 5.56 Å². The van der Waals surface area contributed by atoms with Crippen LogP contribution in [0.25, 0.3) is 39.9 Å². The minimum atomic E-state index is -0.0733. The van der Waals surface area contributed by atoms with Crippen LogP contribution in [0.15, 0.2) is 114 Å². The molecule has 0 bridgehead atoms. The molecule has 0 saturated heterocycles. The normalized spacial score (nSPS) is 11.2. The Balaban J connectivity index is 1.57. The molecule has 0 unspecified atom stereocenters. The summed E-state index contributed by atoms with van der Waals surface area (Å²) in [6.45, 7) is 0. The second-order valence-corrected chi connectivity index (χ2v) is 7.28. The van der Waals surface area contributed by atoms with Gasteiger partial charge in [0.05, 0.1) is 16.6 Å². The number of para-hydroxylation sites is 2. The van der Waals surface area contributed by atoms with Gasteiger partial charge < -0.3 is 0 Å². The lowest BCUT2D eigenvalue weighted by molar-refractivity contribution is 0.944. The smallest absolute Gasteiger partial charge is 0.266 e. The van der Waals surface area contributed by atoms with Gasteiger partial charge in [-0.05, 0) is 47.0 Å². The lowest BCUT2D eigenvalue weighted by Gasteiger charge is -2.11. The number of benzene rings is 4. The first-order valence-electron chi connectivity index (χ1n) is 10.2. The highest BCUT2D eigenvalue weighted by molar-refractivity contribution is 5.80. The standard InChI is InChI=1S/C28H20N2O/c31-28-25-13-7-8-14-26(25)29-27(30(28)24-11-5-2-6-12-24)20-17-21-15-18-23(19-16-21)22-9-3-1-4-10-22/h1-20H/b20-17+. The van der Waals surface area contributed by atoms with E-state index in [-0.39, 0.29) is 5.56 Å². The van der Waals surface area contributed by atoms with Crippen LogP contribution in [0.1, 0.15) is 11.4 Å². The molecule has 0 spiro atoms. The lowest BCUT2D eigenvalue weighted by atomic mass is 10.0. The fourth-order valence-electron chi connectivity index (χ4n) is 3.68. The average molecular weight is 400 g/mol. The van der Waals surface area contributed by atoms with Crippen LogP contribution in [0.4, 0.5) is 0 Å². The van der Waals surface area contributed by atoms with Gasteiger partial charge in [0.15, 0.2) is 0 Å². The van der Waals surface area contributed by atoms with Crippen LogP contribution in [0.2, 0.25) is 0 Å². The Morgan fingerprint density at radius 3 is 1.97 bits per heavy atom. The van der Waals surface area contributed by atoms with E-state index < -0.39 is 0 Å². The maximum atomic E-state index is 13.3. The van der Waals surface area contributed by atoms with E-state index in [1.54, 1.807) is 4.57 Å². The summed E-state index contributed by atoms with van der Waals surface area (Å²) < 4.78 is 1.66. The van der Waals surface area contributed by atoms with E-state index in [9.17, 15) is 4.79 Å². The number of rotatable bonds is 4. The summed E-state index contributed by atoms with van der Waals surface area (Å²) in [5.74, 6) is 0.599. The Hall–Kier alpha value is -4.24. The summed E-state index contributed by atoms with van der Waals surface area (Å²) in [7, 11) is 0. The number of fused-ring (bicyclic) bond motifs is 1. The van der Waals surface area contributed by atoms with E-state index in [0.29, 0.717) is 16.7 Å². The molecule has 1 aromatic heterocycles. The maximum Gasteiger partial charge on any atom is 0.266 e. The van der Waals surface area contributed by atoms with E-state index in [2.05, 4.69) is 36.4 Å². The molecule has 0 aliphatic heterocycles. The highest BCUT2D eigenvalue weighted by atomic mass is 16.1. The predicted molar refractivity (Wildman–Crippen MR) is 128 cm³/mol. The molecule has 4 aromatic carbocycles. The van der Waals surface area contributed by atoms with Crippen molar-refractivity contribution in [2.45, 2.75) is 0 Å². The van der Waals surface area contributed by atoms with Crippen LogP contribution >= 0.6 is 0 Å². The molecule has 0 fully saturated rings. The molecule has 3 nitrogen and oxygen atoms in total. The van der Waals surface area contributed by atoms with Crippen LogP contribution in [-0.4, -0.2) is 9.55 Å². The molecular weight excluding hydrogens is 380 g/mol. The quantitative estimate of drug-likeness (QED) is 0.359. The van der Waals surface area contributed by atoms with Gasteiger partial charge in [-0.3, -0.25) is 9.36 Å². The summed E-state index contributed by atoms with van der Waals surface area (Å²) >= 11 is 0. The predicted octanol–water partition coefficient (Wildman–Crippen LogP) is 6.22. The van der Waals surface area contributed by atoms with E-state index in [0.717, 1.165) is 11.3 Å². The van der Waals surface area contributed by atoms with Crippen molar-refractivity contribution in [3.63, 3.8) is 0 Å². The van der Waals surface area contributed by atoms with E-state index >= 15 is 0 Å². The van der Waals surface area contributed by atoms with Crippen molar-refractivity contribution in [1.82, 2.24) is 9.55 Å². The molecule has 148 valence electrons. The van der Waals surface area contributed by atoms with Gasteiger partial charge in [0, 0.05) is 0 Å². The first-order valence-corrected chi connectivity index (χ1v) is 10.2. The third-order valence-electron chi connectivity index (χ3n) is 5.26. The van der Waals surface area contributed by atoms with Gasteiger partial charge in [-0.25, -0.2) is 4.98 Å². The highest BCUT2D eigenvalue weighted by Gasteiger charge is 2.10. The lowest BCUT2D eigenvalue weighted by Crippen LogP contribution is -2.22. The zero-order valence-corrected chi connectivity index (χ0v) is 16.8. The second kappa shape index (κ2) is 8.25. The maximum absolute atomic E-state index is 13.3. The molecule has 1 heterocycles. The number of hydrogen-bond acceptors (Lipinski definition) is 2. The largest absolute Gasteiger partial charge is 0.268 e. The molecule has 31 heavy (non-hydrogen) atoms. The van der Waals surface area contributed by atoms with Crippen molar-refractivity contribution in [2.24, 2.45) is 0 Å². The van der Waals surface area contributed by atoms with Gasteiger partial charge in [-0.2, -0.15) is 0 Å². The van der Waals surface area contributed by atoms with Crippen molar-refractivity contribution < 1.29 is 0 Å². The monoisotopic (exact) mass is 400 g/mol. The molecule has 3 heteroatoms. The zero-order chi connectivity index (χ0) is 21.0. The fraction of sp³-hybridized carbons (Fsp3) is 0. The molecule has 0 atom stereocenters. The minimum absolute atomic E-state index is 0.0733. The number of aromatic nitrogens is 2. The highest BCUT2D eigenvalue weighted by Crippen LogP contribution is 2.20. The molecule has 0 radical (unpaired) electrons. The van der Waals surface area contributed by atoms with Crippen LogP contribution in [0.3, 0.4) is 0 Å². The molecule has 5 aromatic rings. The third kappa shape index (κ3) is 3.81. The summed E-state index contributed by atoms with van der Waals surface area (Å²) in [5.41, 5.74) is 4.82. The van der Waals surface area contributed by atoms with Crippen molar-refractivity contribution in [3.05, 3.63) is 131 Å². The van der Waals surface area contributed by atoms with Crippen molar-refractivity contribution >= 4 is 23.1 Å².